The zero-order valence-corrected chi connectivity index (χ0v) is 14.8. The summed E-state index contributed by atoms with van der Waals surface area (Å²) in [6.07, 6.45) is 8.42. The quantitative estimate of drug-likeness (QED) is 0.522. The normalized spacial score (nSPS) is 11.2. The van der Waals surface area contributed by atoms with Crippen LogP contribution in [0.3, 0.4) is 0 Å². The Labute approximate surface area is 158 Å². The average Bonchev–Trinajstić information content (AvgIpc) is 3.35. The van der Waals surface area contributed by atoms with Crippen molar-refractivity contribution in [3.05, 3.63) is 67.1 Å². The lowest BCUT2D eigenvalue weighted by Gasteiger charge is -2.06. The molecule has 0 bridgehead atoms. The first-order chi connectivity index (χ1) is 13.7. The van der Waals surface area contributed by atoms with E-state index in [0.717, 1.165) is 27.5 Å². The van der Waals surface area contributed by atoms with Gasteiger partial charge in [0.2, 0.25) is 0 Å². The van der Waals surface area contributed by atoms with Crippen molar-refractivity contribution in [2.24, 2.45) is 7.05 Å². The Kier molecular flexibility index (Phi) is 3.61. The van der Waals surface area contributed by atoms with E-state index in [1.54, 1.807) is 41.5 Å². The van der Waals surface area contributed by atoms with Gasteiger partial charge in [-0.05, 0) is 24.3 Å². The highest BCUT2D eigenvalue weighted by Gasteiger charge is 2.11. The molecule has 0 saturated carbocycles. The van der Waals surface area contributed by atoms with Gasteiger partial charge in [0, 0.05) is 41.8 Å². The van der Waals surface area contributed by atoms with Crippen LogP contribution in [0.4, 0.5) is 5.82 Å². The predicted molar refractivity (Wildman–Crippen MR) is 104 cm³/mol. The molecule has 5 aromatic rings. The Morgan fingerprint density at radius 1 is 1.07 bits per heavy atom. The molecule has 1 amide bonds. The van der Waals surface area contributed by atoms with E-state index < -0.39 is 0 Å². The first-order valence-corrected chi connectivity index (χ1v) is 8.56. The van der Waals surface area contributed by atoms with Crippen molar-refractivity contribution < 1.29 is 9.21 Å². The molecule has 0 aromatic carbocycles. The topological polar surface area (TPSA) is 98.7 Å². The molecule has 28 heavy (non-hydrogen) atoms. The van der Waals surface area contributed by atoms with E-state index in [1.165, 1.54) is 6.20 Å². The van der Waals surface area contributed by atoms with E-state index in [0.29, 0.717) is 11.4 Å². The standard InChI is InChI=1S/C20H14N6O2/c1-26-11-14(9-23-26)15-3-2-13-8-22-19(7-16(13)24-15)25-20(27)17-6-12-4-5-28-18(12)10-21-17/h2-11H,1H3,(H,22,25,27). The summed E-state index contributed by atoms with van der Waals surface area (Å²) < 4.78 is 6.97. The van der Waals surface area contributed by atoms with Crippen LogP contribution in [0.5, 0.6) is 0 Å². The van der Waals surface area contributed by atoms with E-state index in [9.17, 15) is 4.79 Å². The van der Waals surface area contributed by atoms with Crippen LogP contribution >= 0.6 is 0 Å². The lowest BCUT2D eigenvalue weighted by Crippen LogP contribution is -2.14. The molecule has 8 heteroatoms. The average molecular weight is 370 g/mol. The second-order valence-electron chi connectivity index (χ2n) is 6.34. The van der Waals surface area contributed by atoms with Crippen molar-refractivity contribution >= 4 is 33.6 Å². The summed E-state index contributed by atoms with van der Waals surface area (Å²) in [5, 5.41) is 8.64. The Morgan fingerprint density at radius 3 is 2.86 bits per heavy atom. The molecule has 5 rings (SSSR count). The van der Waals surface area contributed by atoms with Crippen molar-refractivity contribution in [3.8, 4) is 11.3 Å². The van der Waals surface area contributed by atoms with Crippen molar-refractivity contribution in [2.45, 2.75) is 0 Å². The number of aryl methyl sites for hydroxylation is 1. The highest BCUT2D eigenvalue weighted by Crippen LogP contribution is 2.22. The number of rotatable bonds is 3. The number of carbonyl (C=O) groups excluding carboxylic acids is 1. The molecule has 0 aliphatic carbocycles. The third kappa shape index (κ3) is 2.86. The van der Waals surface area contributed by atoms with Crippen LogP contribution in [-0.2, 0) is 7.05 Å². The summed E-state index contributed by atoms with van der Waals surface area (Å²) in [4.78, 5) is 25.6. The number of carbonyl (C=O) groups is 1. The predicted octanol–water partition coefficient (Wildman–Crippen LogP) is 3.42. The van der Waals surface area contributed by atoms with E-state index in [2.05, 4.69) is 25.4 Å². The highest BCUT2D eigenvalue weighted by molar-refractivity contribution is 6.04. The second kappa shape index (κ2) is 6.27. The van der Waals surface area contributed by atoms with Gasteiger partial charge in [-0.1, -0.05) is 0 Å². The molecule has 0 aliphatic heterocycles. The Hall–Kier alpha value is -4.07. The minimum absolute atomic E-state index is 0.285. The van der Waals surface area contributed by atoms with Crippen molar-refractivity contribution in [1.82, 2.24) is 24.7 Å². The molecule has 0 unspecified atom stereocenters. The van der Waals surface area contributed by atoms with Gasteiger partial charge >= 0.3 is 0 Å². The molecule has 136 valence electrons. The maximum absolute atomic E-state index is 12.5. The van der Waals surface area contributed by atoms with Gasteiger partial charge in [0.15, 0.2) is 5.58 Å². The number of aromatic nitrogens is 5. The zero-order valence-electron chi connectivity index (χ0n) is 14.8. The maximum atomic E-state index is 12.5. The number of furan rings is 1. The van der Waals surface area contributed by atoms with Crippen LogP contribution < -0.4 is 5.32 Å². The van der Waals surface area contributed by atoms with E-state index in [-0.39, 0.29) is 11.6 Å². The molecule has 5 aromatic heterocycles. The molecule has 0 spiro atoms. The second-order valence-corrected chi connectivity index (χ2v) is 6.34. The number of anilines is 1. The van der Waals surface area contributed by atoms with Crippen LogP contribution in [0.1, 0.15) is 10.5 Å². The minimum Gasteiger partial charge on any atom is -0.463 e. The first kappa shape index (κ1) is 16.1. The van der Waals surface area contributed by atoms with Gasteiger partial charge in [-0.25, -0.2) is 15.0 Å². The molecule has 0 fully saturated rings. The third-order valence-electron chi connectivity index (χ3n) is 4.39. The number of nitrogens with one attached hydrogen (secondary N) is 1. The molecule has 8 nitrogen and oxygen atoms in total. The number of amides is 1. The lowest BCUT2D eigenvalue weighted by molar-refractivity contribution is 0.102. The Bertz CT molecular complexity index is 1340. The molecule has 0 radical (unpaired) electrons. The molecule has 0 atom stereocenters. The van der Waals surface area contributed by atoms with Crippen molar-refractivity contribution in [3.63, 3.8) is 0 Å². The molecule has 1 N–H and O–H groups in total. The summed E-state index contributed by atoms with van der Waals surface area (Å²) in [6.45, 7) is 0. The van der Waals surface area contributed by atoms with Gasteiger partial charge in [-0.2, -0.15) is 5.10 Å². The minimum atomic E-state index is -0.349. The summed E-state index contributed by atoms with van der Waals surface area (Å²) in [6, 6.07) is 9.06. The SMILES string of the molecule is Cn1cc(-c2ccc3cnc(NC(=O)c4cc5ccoc5cn4)cc3n2)cn1. The zero-order chi connectivity index (χ0) is 19.1. The van der Waals surface area contributed by atoms with Gasteiger partial charge in [0.05, 0.1) is 29.9 Å². The van der Waals surface area contributed by atoms with Gasteiger partial charge in [0.25, 0.3) is 5.91 Å². The molecular weight excluding hydrogens is 356 g/mol. The van der Waals surface area contributed by atoms with E-state index in [4.69, 9.17) is 4.42 Å². The fraction of sp³-hybridized carbons (Fsp3) is 0.0500. The van der Waals surface area contributed by atoms with Gasteiger partial charge in [0.1, 0.15) is 11.5 Å². The lowest BCUT2D eigenvalue weighted by atomic mass is 10.2. The monoisotopic (exact) mass is 370 g/mol. The van der Waals surface area contributed by atoms with Crippen molar-refractivity contribution in [2.75, 3.05) is 5.32 Å². The summed E-state index contributed by atoms with van der Waals surface area (Å²) in [5.41, 5.74) is 3.37. The number of fused-ring (bicyclic) bond motifs is 2. The number of hydrogen-bond acceptors (Lipinski definition) is 6. The third-order valence-corrected chi connectivity index (χ3v) is 4.39. The van der Waals surface area contributed by atoms with E-state index >= 15 is 0 Å². The van der Waals surface area contributed by atoms with Crippen molar-refractivity contribution in [1.29, 1.82) is 0 Å². The first-order valence-electron chi connectivity index (χ1n) is 8.56. The number of pyridine rings is 3. The highest BCUT2D eigenvalue weighted by atomic mass is 16.3. The van der Waals surface area contributed by atoms with Gasteiger partial charge in [-0.3, -0.25) is 9.48 Å². The maximum Gasteiger partial charge on any atom is 0.275 e. The van der Waals surface area contributed by atoms with Crippen LogP contribution in [0, 0.1) is 0 Å². The summed E-state index contributed by atoms with van der Waals surface area (Å²) in [5.74, 6) is 0.0563. The summed E-state index contributed by atoms with van der Waals surface area (Å²) >= 11 is 0. The largest absolute Gasteiger partial charge is 0.463 e. The van der Waals surface area contributed by atoms with Gasteiger partial charge in [-0.15, -0.1) is 0 Å². The smallest absolute Gasteiger partial charge is 0.275 e. The molecule has 0 aliphatic rings. The number of nitrogens with zero attached hydrogens (tertiary/aromatic N) is 5. The van der Waals surface area contributed by atoms with Gasteiger partial charge < -0.3 is 9.73 Å². The summed E-state index contributed by atoms with van der Waals surface area (Å²) in [7, 11) is 1.86. The van der Waals surface area contributed by atoms with Crippen LogP contribution in [0.25, 0.3) is 33.1 Å². The Morgan fingerprint density at radius 2 is 2.00 bits per heavy atom. The van der Waals surface area contributed by atoms with Crippen LogP contribution in [0.15, 0.2) is 65.8 Å². The fourth-order valence-corrected chi connectivity index (χ4v) is 2.97. The molecule has 0 saturated heterocycles. The van der Waals surface area contributed by atoms with Crippen LogP contribution in [-0.4, -0.2) is 30.6 Å². The molecule has 5 heterocycles. The van der Waals surface area contributed by atoms with Crippen LogP contribution in [0.2, 0.25) is 0 Å². The Balaban J connectivity index is 1.45. The fourth-order valence-electron chi connectivity index (χ4n) is 2.97. The van der Waals surface area contributed by atoms with E-state index in [1.807, 2.05) is 25.4 Å². The number of hydrogen-bond donors (Lipinski definition) is 1. The molecular formula is C20H14N6O2.